The van der Waals surface area contributed by atoms with Crippen LogP contribution in [0.25, 0.3) is 10.8 Å². The van der Waals surface area contributed by atoms with Crippen molar-refractivity contribution in [2.24, 2.45) is 5.92 Å². The van der Waals surface area contributed by atoms with Gasteiger partial charge in [0.1, 0.15) is 11.3 Å². The van der Waals surface area contributed by atoms with Gasteiger partial charge in [-0.15, -0.1) is 0 Å². The number of rotatable bonds is 3. The molecule has 26 heavy (non-hydrogen) atoms. The van der Waals surface area contributed by atoms with E-state index in [0.717, 1.165) is 25.7 Å². The van der Waals surface area contributed by atoms with E-state index < -0.39 is 17.7 Å². The molecule has 1 aliphatic rings. The summed E-state index contributed by atoms with van der Waals surface area (Å²) < 4.78 is 51.9. The Hall–Kier alpha value is -2.24. The summed E-state index contributed by atoms with van der Waals surface area (Å²) in [5.74, 6) is -0.263. The molecule has 6 heteroatoms. The van der Waals surface area contributed by atoms with Gasteiger partial charge >= 0.3 is 12.1 Å². The van der Waals surface area contributed by atoms with Gasteiger partial charge in [0.05, 0.1) is 18.8 Å². The molecule has 0 unspecified atom stereocenters. The quantitative estimate of drug-likeness (QED) is 0.663. The van der Waals surface area contributed by atoms with E-state index in [-0.39, 0.29) is 28.2 Å². The maximum absolute atomic E-state index is 13.8. The molecule has 2 aromatic rings. The number of carbonyl (C=O) groups is 1. The molecule has 0 saturated heterocycles. The minimum absolute atomic E-state index is 0.0536. The highest BCUT2D eigenvalue weighted by Crippen LogP contribution is 2.43. The molecule has 0 aromatic heterocycles. The Morgan fingerprint density at radius 3 is 2.35 bits per heavy atom. The zero-order valence-electron chi connectivity index (χ0n) is 14.7. The predicted molar refractivity (Wildman–Crippen MR) is 92.3 cm³/mol. The Balaban J connectivity index is 2.08. The minimum atomic E-state index is -4.59. The fraction of sp³-hybridized carbons (Fsp3) is 0.450. The number of halogens is 3. The largest absolute Gasteiger partial charge is 0.490 e. The first kappa shape index (κ1) is 18.5. The number of hydrogen-bond acceptors (Lipinski definition) is 3. The third kappa shape index (κ3) is 3.64. The number of carbonyl (C=O) groups excluding carboxylic acids is 1. The maximum Gasteiger partial charge on any atom is 0.420 e. The smallest absolute Gasteiger partial charge is 0.420 e. The van der Waals surface area contributed by atoms with Crippen LogP contribution in [0.4, 0.5) is 13.2 Å². The molecular weight excluding hydrogens is 345 g/mol. The van der Waals surface area contributed by atoms with Crippen LogP contribution in [-0.2, 0) is 10.9 Å². The van der Waals surface area contributed by atoms with Crippen molar-refractivity contribution in [2.45, 2.75) is 44.9 Å². The van der Waals surface area contributed by atoms with E-state index in [1.165, 1.54) is 37.4 Å². The summed E-state index contributed by atoms with van der Waals surface area (Å²) in [6, 6.07) is 7.06. The van der Waals surface area contributed by atoms with Crippen LogP contribution >= 0.6 is 0 Å². The van der Waals surface area contributed by atoms with E-state index in [9.17, 15) is 18.0 Å². The van der Waals surface area contributed by atoms with Crippen LogP contribution in [0.1, 0.15) is 48.5 Å². The van der Waals surface area contributed by atoms with Crippen LogP contribution in [0.2, 0.25) is 0 Å². The average molecular weight is 366 g/mol. The van der Waals surface area contributed by atoms with Crippen molar-refractivity contribution in [3.05, 3.63) is 41.5 Å². The van der Waals surface area contributed by atoms with Gasteiger partial charge in [-0.2, -0.15) is 13.2 Å². The fourth-order valence-electron chi connectivity index (χ4n) is 3.54. The molecule has 0 bridgehead atoms. The van der Waals surface area contributed by atoms with E-state index >= 15 is 0 Å². The molecule has 0 spiro atoms. The van der Waals surface area contributed by atoms with Crippen LogP contribution in [0, 0.1) is 5.92 Å². The molecule has 3 nitrogen and oxygen atoms in total. The lowest BCUT2D eigenvalue weighted by molar-refractivity contribution is -0.138. The average Bonchev–Trinajstić information content (AvgIpc) is 2.61. The monoisotopic (exact) mass is 366 g/mol. The lowest BCUT2D eigenvalue weighted by Crippen LogP contribution is -2.24. The van der Waals surface area contributed by atoms with Crippen molar-refractivity contribution in [3.63, 3.8) is 0 Å². The van der Waals surface area contributed by atoms with Gasteiger partial charge in [-0.25, -0.2) is 4.79 Å². The van der Waals surface area contributed by atoms with Crippen molar-refractivity contribution < 1.29 is 27.4 Å². The van der Waals surface area contributed by atoms with Gasteiger partial charge in [-0.05, 0) is 60.6 Å². The predicted octanol–water partition coefficient (Wildman–Crippen LogP) is 5.60. The summed E-state index contributed by atoms with van der Waals surface area (Å²) in [6.45, 7) is 2.14. The summed E-state index contributed by atoms with van der Waals surface area (Å²) in [5.41, 5.74) is -0.729. The Labute approximate surface area is 150 Å². The lowest BCUT2D eigenvalue weighted by atomic mass is 9.89. The molecule has 1 saturated carbocycles. The Morgan fingerprint density at radius 1 is 1.04 bits per heavy atom. The van der Waals surface area contributed by atoms with E-state index in [2.05, 4.69) is 11.7 Å². The van der Waals surface area contributed by atoms with Crippen LogP contribution in [0.3, 0.4) is 0 Å². The first-order valence-electron chi connectivity index (χ1n) is 8.69. The molecule has 3 rings (SSSR count). The van der Waals surface area contributed by atoms with Crippen molar-refractivity contribution in [1.29, 1.82) is 0 Å². The third-order valence-corrected chi connectivity index (χ3v) is 4.97. The standard InChI is InChI=1S/C20H21F3O3/c1-12-6-8-13(9-7-12)26-17-11-10-14-15(18(17)20(21,22)23)4-3-5-16(14)19(24)25-2/h3-5,10-13H,6-9H2,1-2H3. The Kier molecular flexibility index (Phi) is 5.12. The summed E-state index contributed by atoms with van der Waals surface area (Å²) in [6.07, 6.45) is -1.41. The van der Waals surface area contributed by atoms with Crippen LogP contribution in [-0.4, -0.2) is 19.2 Å². The summed E-state index contributed by atoms with van der Waals surface area (Å²) in [7, 11) is 1.20. The van der Waals surface area contributed by atoms with Crippen molar-refractivity contribution in [1.82, 2.24) is 0 Å². The number of alkyl halides is 3. The summed E-state index contributed by atoms with van der Waals surface area (Å²) >= 11 is 0. The molecule has 1 fully saturated rings. The number of esters is 1. The second-order valence-corrected chi connectivity index (χ2v) is 6.83. The zero-order valence-corrected chi connectivity index (χ0v) is 14.7. The Morgan fingerprint density at radius 2 is 1.73 bits per heavy atom. The molecule has 140 valence electrons. The van der Waals surface area contributed by atoms with Crippen LogP contribution in [0.15, 0.2) is 30.3 Å². The van der Waals surface area contributed by atoms with Gasteiger partial charge in [0.2, 0.25) is 0 Å². The van der Waals surface area contributed by atoms with Gasteiger partial charge in [0.25, 0.3) is 0 Å². The van der Waals surface area contributed by atoms with E-state index in [1.807, 2.05) is 0 Å². The van der Waals surface area contributed by atoms with Crippen molar-refractivity contribution in [3.8, 4) is 5.75 Å². The summed E-state index contributed by atoms with van der Waals surface area (Å²) in [5, 5.41) is 0.151. The van der Waals surface area contributed by atoms with E-state index in [4.69, 9.17) is 4.74 Å². The lowest BCUT2D eigenvalue weighted by Gasteiger charge is -2.28. The van der Waals surface area contributed by atoms with E-state index in [1.54, 1.807) is 0 Å². The maximum atomic E-state index is 13.8. The molecule has 0 atom stereocenters. The zero-order chi connectivity index (χ0) is 18.9. The number of fused-ring (bicyclic) bond motifs is 1. The second-order valence-electron chi connectivity index (χ2n) is 6.83. The van der Waals surface area contributed by atoms with Crippen LogP contribution < -0.4 is 4.74 Å². The molecular formula is C20H21F3O3. The molecule has 0 N–H and O–H groups in total. The number of hydrogen-bond donors (Lipinski definition) is 0. The minimum Gasteiger partial charge on any atom is -0.490 e. The SMILES string of the molecule is COC(=O)c1cccc2c(C(F)(F)F)c(OC3CCC(C)CC3)ccc12. The van der Waals surface area contributed by atoms with Gasteiger partial charge < -0.3 is 9.47 Å². The van der Waals surface area contributed by atoms with Crippen molar-refractivity contribution in [2.75, 3.05) is 7.11 Å². The highest BCUT2D eigenvalue weighted by molar-refractivity contribution is 6.06. The molecule has 0 aliphatic heterocycles. The van der Waals surface area contributed by atoms with Gasteiger partial charge in [-0.1, -0.05) is 19.1 Å². The molecule has 0 radical (unpaired) electrons. The molecule has 2 aromatic carbocycles. The Bertz CT molecular complexity index is 806. The summed E-state index contributed by atoms with van der Waals surface area (Å²) in [4.78, 5) is 11.9. The van der Waals surface area contributed by atoms with Crippen molar-refractivity contribution >= 4 is 16.7 Å². The fourth-order valence-corrected chi connectivity index (χ4v) is 3.54. The first-order chi connectivity index (χ1) is 12.3. The normalized spacial score (nSPS) is 20.8. The van der Waals surface area contributed by atoms with Gasteiger partial charge in [0.15, 0.2) is 0 Å². The number of methoxy groups -OCH3 is 1. The molecule has 1 aliphatic carbocycles. The third-order valence-electron chi connectivity index (χ3n) is 4.97. The number of ether oxygens (including phenoxy) is 2. The first-order valence-corrected chi connectivity index (χ1v) is 8.69. The molecule has 0 heterocycles. The van der Waals surface area contributed by atoms with Crippen LogP contribution in [0.5, 0.6) is 5.75 Å². The van der Waals surface area contributed by atoms with Gasteiger partial charge in [0, 0.05) is 0 Å². The second kappa shape index (κ2) is 7.17. The highest BCUT2D eigenvalue weighted by atomic mass is 19.4. The van der Waals surface area contributed by atoms with E-state index in [0.29, 0.717) is 5.92 Å². The topological polar surface area (TPSA) is 35.5 Å². The van der Waals surface area contributed by atoms with Gasteiger partial charge in [-0.3, -0.25) is 0 Å². The highest BCUT2D eigenvalue weighted by Gasteiger charge is 2.37. The molecule has 0 amide bonds. The number of benzene rings is 2.